The van der Waals surface area contributed by atoms with Gasteiger partial charge in [0.05, 0.1) is 5.25 Å². The zero-order valence-electron chi connectivity index (χ0n) is 8.50. The van der Waals surface area contributed by atoms with Gasteiger partial charge in [0.1, 0.15) is 0 Å². The molecule has 1 aliphatic carbocycles. The maximum absolute atomic E-state index is 11.7. The fourth-order valence-electron chi connectivity index (χ4n) is 1.67. The molecule has 1 unspecified atom stereocenters. The molecule has 3 nitrogen and oxygen atoms in total. The van der Waals surface area contributed by atoms with Crippen LogP contribution in [-0.4, -0.2) is 25.0 Å². The predicted octanol–water partition coefficient (Wildman–Crippen LogP) is 2.02. The van der Waals surface area contributed by atoms with E-state index in [1.807, 2.05) is 6.92 Å². The Balaban J connectivity index is 2.41. The second-order valence-electron chi connectivity index (χ2n) is 3.81. The van der Waals surface area contributed by atoms with Gasteiger partial charge in [0.15, 0.2) is 0 Å². The third-order valence-corrected chi connectivity index (χ3v) is 5.58. The Morgan fingerprint density at radius 1 is 1.43 bits per heavy atom. The lowest BCUT2D eigenvalue weighted by Crippen LogP contribution is -2.36. The van der Waals surface area contributed by atoms with Crippen LogP contribution in [0.1, 0.15) is 39.0 Å². The molecule has 1 saturated carbocycles. The van der Waals surface area contributed by atoms with Crippen molar-refractivity contribution in [2.24, 2.45) is 0 Å². The number of halogens is 1. The van der Waals surface area contributed by atoms with E-state index in [9.17, 15) is 8.42 Å². The van der Waals surface area contributed by atoms with Crippen LogP contribution in [0.3, 0.4) is 0 Å². The van der Waals surface area contributed by atoms with E-state index in [2.05, 4.69) is 20.7 Å². The average Bonchev–Trinajstić information content (AvgIpc) is 2.67. The second kappa shape index (κ2) is 5.47. The molecule has 1 rings (SSSR count). The van der Waals surface area contributed by atoms with Gasteiger partial charge >= 0.3 is 0 Å². The van der Waals surface area contributed by atoms with Crippen molar-refractivity contribution in [1.82, 2.24) is 4.72 Å². The van der Waals surface area contributed by atoms with Crippen molar-refractivity contribution >= 4 is 26.0 Å². The molecule has 1 fully saturated rings. The molecule has 0 aromatic rings. The lowest BCUT2D eigenvalue weighted by atomic mass is 10.3. The topological polar surface area (TPSA) is 46.2 Å². The number of hydrogen-bond acceptors (Lipinski definition) is 2. The second-order valence-corrected chi connectivity index (χ2v) is 7.15. The van der Waals surface area contributed by atoms with Crippen LogP contribution in [0.2, 0.25) is 0 Å². The van der Waals surface area contributed by atoms with Gasteiger partial charge < -0.3 is 0 Å². The standard InChI is InChI=1S/C9H18BrNO2S/c1-2-8(10)7-11-14(12,13)9-5-3-4-6-9/h8-9,11H,2-7H2,1H3. The highest BCUT2D eigenvalue weighted by Crippen LogP contribution is 2.23. The van der Waals surface area contributed by atoms with Crippen molar-refractivity contribution < 1.29 is 8.42 Å². The molecule has 0 aromatic carbocycles. The quantitative estimate of drug-likeness (QED) is 0.785. The molecule has 0 spiro atoms. The van der Waals surface area contributed by atoms with Crippen LogP contribution < -0.4 is 4.72 Å². The van der Waals surface area contributed by atoms with E-state index in [1.54, 1.807) is 0 Å². The summed E-state index contributed by atoms with van der Waals surface area (Å²) in [5, 5.41) is -0.140. The Morgan fingerprint density at radius 3 is 2.50 bits per heavy atom. The molecule has 0 aliphatic heterocycles. The molecule has 14 heavy (non-hydrogen) atoms. The lowest BCUT2D eigenvalue weighted by Gasteiger charge is -2.14. The monoisotopic (exact) mass is 283 g/mol. The average molecular weight is 284 g/mol. The minimum absolute atomic E-state index is 0.140. The van der Waals surface area contributed by atoms with Crippen molar-refractivity contribution in [3.05, 3.63) is 0 Å². The molecule has 0 radical (unpaired) electrons. The lowest BCUT2D eigenvalue weighted by molar-refractivity contribution is 0.563. The third-order valence-electron chi connectivity index (χ3n) is 2.69. The largest absolute Gasteiger partial charge is 0.214 e. The number of rotatable bonds is 5. The summed E-state index contributed by atoms with van der Waals surface area (Å²) >= 11 is 3.41. The summed E-state index contributed by atoms with van der Waals surface area (Å²) in [6, 6.07) is 0. The summed E-state index contributed by atoms with van der Waals surface area (Å²) < 4.78 is 26.1. The van der Waals surface area contributed by atoms with E-state index in [0.717, 1.165) is 32.1 Å². The molecule has 1 N–H and O–H groups in total. The predicted molar refractivity (Wildman–Crippen MR) is 62.2 cm³/mol. The van der Waals surface area contributed by atoms with Crippen LogP contribution in [0.15, 0.2) is 0 Å². The molecular weight excluding hydrogens is 266 g/mol. The summed E-state index contributed by atoms with van der Waals surface area (Å²) in [6.07, 6.45) is 4.70. The Kier molecular flexibility index (Phi) is 4.87. The van der Waals surface area contributed by atoms with Gasteiger partial charge in [-0.1, -0.05) is 35.7 Å². The minimum atomic E-state index is -3.05. The van der Waals surface area contributed by atoms with Crippen LogP contribution in [0.25, 0.3) is 0 Å². The molecule has 5 heteroatoms. The summed E-state index contributed by atoms with van der Waals surface area (Å²) in [5.74, 6) is 0. The van der Waals surface area contributed by atoms with Crippen molar-refractivity contribution in [3.63, 3.8) is 0 Å². The maximum Gasteiger partial charge on any atom is 0.214 e. The first-order chi connectivity index (χ1) is 6.56. The van der Waals surface area contributed by atoms with Crippen molar-refractivity contribution in [2.45, 2.75) is 49.1 Å². The molecule has 1 aliphatic rings. The summed E-state index contributed by atoms with van der Waals surface area (Å²) in [6.45, 7) is 2.54. The molecule has 1 atom stereocenters. The van der Waals surface area contributed by atoms with E-state index < -0.39 is 10.0 Å². The van der Waals surface area contributed by atoms with E-state index in [-0.39, 0.29) is 10.1 Å². The maximum atomic E-state index is 11.7. The van der Waals surface area contributed by atoms with Crippen LogP contribution in [0.4, 0.5) is 0 Å². The molecule has 0 amide bonds. The molecule has 0 saturated heterocycles. The van der Waals surface area contributed by atoms with E-state index >= 15 is 0 Å². The van der Waals surface area contributed by atoms with Gasteiger partial charge in [0.2, 0.25) is 10.0 Å². The molecule has 0 aromatic heterocycles. The van der Waals surface area contributed by atoms with E-state index in [4.69, 9.17) is 0 Å². The van der Waals surface area contributed by atoms with Crippen molar-refractivity contribution in [2.75, 3.05) is 6.54 Å². The third kappa shape index (κ3) is 3.51. The minimum Gasteiger partial charge on any atom is -0.214 e. The fourth-order valence-corrected chi connectivity index (χ4v) is 3.67. The van der Waals surface area contributed by atoms with Gasteiger partial charge in [-0.15, -0.1) is 0 Å². The first kappa shape index (κ1) is 12.5. The van der Waals surface area contributed by atoms with Crippen LogP contribution >= 0.6 is 15.9 Å². The zero-order valence-corrected chi connectivity index (χ0v) is 10.9. The number of alkyl halides is 1. The highest BCUT2D eigenvalue weighted by molar-refractivity contribution is 9.09. The molecule has 84 valence electrons. The van der Waals surface area contributed by atoms with Gasteiger partial charge in [0.25, 0.3) is 0 Å². The first-order valence-electron chi connectivity index (χ1n) is 5.19. The SMILES string of the molecule is CCC(Br)CNS(=O)(=O)C1CCCC1. The highest BCUT2D eigenvalue weighted by atomic mass is 79.9. The van der Waals surface area contributed by atoms with Gasteiger partial charge in [0, 0.05) is 11.4 Å². The van der Waals surface area contributed by atoms with E-state index in [1.165, 1.54) is 0 Å². The van der Waals surface area contributed by atoms with Gasteiger partial charge in [-0.25, -0.2) is 13.1 Å². The zero-order chi connectivity index (χ0) is 10.6. The van der Waals surface area contributed by atoms with Crippen LogP contribution in [0, 0.1) is 0 Å². The molecule has 0 bridgehead atoms. The van der Waals surface area contributed by atoms with Crippen molar-refractivity contribution in [1.29, 1.82) is 0 Å². The van der Waals surface area contributed by atoms with Crippen LogP contribution in [0.5, 0.6) is 0 Å². The van der Waals surface area contributed by atoms with E-state index in [0.29, 0.717) is 6.54 Å². The number of hydrogen-bond donors (Lipinski definition) is 1. The Bertz CT molecular complexity index is 260. The Labute approximate surface area is 94.8 Å². The summed E-state index contributed by atoms with van der Waals surface area (Å²) in [5.41, 5.74) is 0. The normalized spacial score (nSPS) is 21.3. The number of nitrogens with one attached hydrogen (secondary N) is 1. The van der Waals surface area contributed by atoms with Gasteiger partial charge in [-0.2, -0.15) is 0 Å². The van der Waals surface area contributed by atoms with Gasteiger partial charge in [-0.3, -0.25) is 0 Å². The smallest absolute Gasteiger partial charge is 0.214 e. The number of sulfonamides is 1. The van der Waals surface area contributed by atoms with Crippen LogP contribution in [-0.2, 0) is 10.0 Å². The summed E-state index contributed by atoms with van der Waals surface area (Å²) in [4.78, 5) is 0.249. The van der Waals surface area contributed by atoms with Crippen molar-refractivity contribution in [3.8, 4) is 0 Å². The Hall–Kier alpha value is 0.390. The summed E-state index contributed by atoms with van der Waals surface area (Å²) in [7, 11) is -3.05. The molecular formula is C9H18BrNO2S. The van der Waals surface area contributed by atoms with Gasteiger partial charge in [-0.05, 0) is 19.3 Å². The first-order valence-corrected chi connectivity index (χ1v) is 7.65. The molecule has 0 heterocycles. The Morgan fingerprint density at radius 2 is 2.00 bits per heavy atom. The highest BCUT2D eigenvalue weighted by Gasteiger charge is 2.28. The fraction of sp³-hybridized carbons (Fsp3) is 1.00.